The number of rotatable bonds is 3. The van der Waals surface area contributed by atoms with Crippen LogP contribution in [0.15, 0.2) is 11.6 Å². The maximum Gasteiger partial charge on any atom is 0.244 e. The molecule has 0 spiro atoms. The Kier molecular flexibility index (Phi) is 3.82. The Bertz CT molecular complexity index is 345. The molecular weight excluding hydrogens is 216 g/mol. The van der Waals surface area contributed by atoms with Gasteiger partial charge in [-0.15, -0.1) is 0 Å². The van der Waals surface area contributed by atoms with Crippen LogP contribution < -0.4 is 10.6 Å². The first-order valence-electron chi connectivity index (χ1n) is 6.43. The van der Waals surface area contributed by atoms with Gasteiger partial charge < -0.3 is 10.6 Å². The maximum atomic E-state index is 11.7. The zero-order valence-corrected chi connectivity index (χ0v) is 10.3. The number of hydrogen-bond acceptors (Lipinski definition) is 2. The van der Waals surface area contributed by atoms with Crippen LogP contribution in [0.2, 0.25) is 0 Å². The summed E-state index contributed by atoms with van der Waals surface area (Å²) in [5.74, 6) is 0.425. The molecule has 4 heteroatoms. The van der Waals surface area contributed by atoms with Gasteiger partial charge in [0.25, 0.3) is 0 Å². The fourth-order valence-corrected chi connectivity index (χ4v) is 2.15. The largest absolute Gasteiger partial charge is 0.354 e. The number of amides is 2. The van der Waals surface area contributed by atoms with Crippen LogP contribution in [0.25, 0.3) is 0 Å². The van der Waals surface area contributed by atoms with Crippen LogP contribution in [0, 0.1) is 5.92 Å². The average molecular weight is 236 g/mol. The van der Waals surface area contributed by atoms with E-state index in [0.717, 1.165) is 31.4 Å². The molecule has 0 aromatic rings. The molecular formula is C13H20N2O2. The second-order valence-corrected chi connectivity index (χ2v) is 5.01. The molecule has 1 saturated carbocycles. The van der Waals surface area contributed by atoms with Crippen molar-refractivity contribution in [3.05, 3.63) is 11.6 Å². The van der Waals surface area contributed by atoms with E-state index >= 15 is 0 Å². The quantitative estimate of drug-likeness (QED) is 0.722. The van der Waals surface area contributed by atoms with Gasteiger partial charge in [-0.2, -0.15) is 0 Å². The molecule has 17 heavy (non-hydrogen) atoms. The van der Waals surface area contributed by atoms with Gasteiger partial charge in [-0.1, -0.05) is 5.57 Å². The number of carbonyl (C=O) groups excluding carboxylic acids is 2. The zero-order chi connectivity index (χ0) is 12.3. The first-order chi connectivity index (χ1) is 8.16. The van der Waals surface area contributed by atoms with Crippen molar-refractivity contribution in [2.45, 2.75) is 45.1 Å². The number of allylic oxidation sites excluding steroid dienone is 1. The van der Waals surface area contributed by atoms with E-state index in [-0.39, 0.29) is 17.9 Å². The molecule has 2 fully saturated rings. The molecule has 0 unspecified atom stereocenters. The Morgan fingerprint density at radius 1 is 1.35 bits per heavy atom. The summed E-state index contributed by atoms with van der Waals surface area (Å²) in [6, 6.07) is -0.353. The fourth-order valence-electron chi connectivity index (χ4n) is 2.15. The van der Waals surface area contributed by atoms with E-state index in [1.807, 2.05) is 6.92 Å². The van der Waals surface area contributed by atoms with E-state index in [1.165, 1.54) is 12.8 Å². The van der Waals surface area contributed by atoms with Gasteiger partial charge in [-0.05, 0) is 44.9 Å². The summed E-state index contributed by atoms with van der Waals surface area (Å²) in [7, 11) is 0. The standard InChI is InChI=1S/C13H20N2O2/c1-9(10-5-6-10)8-12(16)15-11-4-2-3-7-14-13(11)17/h8,10-11H,2-7H2,1H3,(H,14,17)(H,15,16)/b9-8+/t11-/m1/s1. The molecule has 2 amide bonds. The van der Waals surface area contributed by atoms with Crippen LogP contribution in [0.5, 0.6) is 0 Å². The smallest absolute Gasteiger partial charge is 0.244 e. The molecule has 0 aromatic heterocycles. The molecule has 4 nitrogen and oxygen atoms in total. The number of carbonyl (C=O) groups is 2. The van der Waals surface area contributed by atoms with Gasteiger partial charge >= 0.3 is 0 Å². The van der Waals surface area contributed by atoms with Crippen molar-refractivity contribution in [3.8, 4) is 0 Å². The molecule has 0 bridgehead atoms. The third-order valence-corrected chi connectivity index (χ3v) is 3.43. The third-order valence-electron chi connectivity index (χ3n) is 3.43. The predicted molar refractivity (Wildman–Crippen MR) is 65.3 cm³/mol. The van der Waals surface area contributed by atoms with E-state index < -0.39 is 0 Å². The second-order valence-electron chi connectivity index (χ2n) is 5.01. The van der Waals surface area contributed by atoms with Crippen molar-refractivity contribution >= 4 is 11.8 Å². The summed E-state index contributed by atoms with van der Waals surface area (Å²) >= 11 is 0. The molecule has 1 heterocycles. The van der Waals surface area contributed by atoms with Gasteiger partial charge in [0.15, 0.2) is 0 Å². The SMILES string of the molecule is C/C(=C\C(=O)N[C@@H]1CCCCNC1=O)C1CC1. The van der Waals surface area contributed by atoms with Crippen molar-refractivity contribution in [2.75, 3.05) is 6.54 Å². The van der Waals surface area contributed by atoms with Gasteiger partial charge in [0, 0.05) is 12.6 Å². The van der Waals surface area contributed by atoms with E-state index in [2.05, 4.69) is 10.6 Å². The van der Waals surface area contributed by atoms with Crippen LogP contribution in [0.3, 0.4) is 0 Å². The summed E-state index contributed by atoms with van der Waals surface area (Å²) in [5, 5.41) is 5.61. The van der Waals surface area contributed by atoms with Gasteiger partial charge in [-0.3, -0.25) is 9.59 Å². The van der Waals surface area contributed by atoms with Gasteiger partial charge in [0.05, 0.1) is 0 Å². The topological polar surface area (TPSA) is 58.2 Å². The first kappa shape index (κ1) is 12.1. The maximum absolute atomic E-state index is 11.7. The molecule has 2 aliphatic rings. The Morgan fingerprint density at radius 2 is 2.12 bits per heavy atom. The highest BCUT2D eigenvalue weighted by molar-refractivity contribution is 5.93. The number of hydrogen-bond donors (Lipinski definition) is 2. The molecule has 1 aliphatic heterocycles. The second kappa shape index (κ2) is 5.34. The van der Waals surface area contributed by atoms with Crippen LogP contribution in [-0.4, -0.2) is 24.4 Å². The minimum absolute atomic E-state index is 0.0478. The fraction of sp³-hybridized carbons (Fsp3) is 0.692. The van der Waals surface area contributed by atoms with Gasteiger partial charge in [0.1, 0.15) is 6.04 Å². The highest BCUT2D eigenvalue weighted by atomic mass is 16.2. The molecule has 0 aromatic carbocycles. The number of nitrogens with one attached hydrogen (secondary N) is 2. The van der Waals surface area contributed by atoms with Crippen molar-refractivity contribution < 1.29 is 9.59 Å². The van der Waals surface area contributed by atoms with Crippen LogP contribution in [0.1, 0.15) is 39.0 Å². The Balaban J connectivity index is 1.88. The van der Waals surface area contributed by atoms with Gasteiger partial charge in [0.2, 0.25) is 11.8 Å². The molecule has 94 valence electrons. The van der Waals surface area contributed by atoms with Crippen molar-refractivity contribution in [2.24, 2.45) is 5.92 Å². The van der Waals surface area contributed by atoms with Crippen molar-refractivity contribution in [1.82, 2.24) is 10.6 Å². The minimum Gasteiger partial charge on any atom is -0.354 e. The lowest BCUT2D eigenvalue weighted by Crippen LogP contribution is -2.45. The lowest BCUT2D eigenvalue weighted by Gasteiger charge is -2.14. The summed E-state index contributed by atoms with van der Waals surface area (Å²) in [4.78, 5) is 23.4. The van der Waals surface area contributed by atoms with Crippen LogP contribution >= 0.6 is 0 Å². The van der Waals surface area contributed by atoms with Crippen LogP contribution in [-0.2, 0) is 9.59 Å². The monoisotopic (exact) mass is 236 g/mol. The summed E-state index contributed by atoms with van der Waals surface area (Å²) < 4.78 is 0. The van der Waals surface area contributed by atoms with Crippen molar-refractivity contribution in [3.63, 3.8) is 0 Å². The first-order valence-corrected chi connectivity index (χ1v) is 6.43. The average Bonchev–Trinajstić information content (AvgIpc) is 3.08. The molecule has 2 rings (SSSR count). The van der Waals surface area contributed by atoms with Crippen molar-refractivity contribution in [1.29, 1.82) is 0 Å². The third kappa shape index (κ3) is 3.58. The van der Waals surface area contributed by atoms with E-state index in [1.54, 1.807) is 6.08 Å². The highest BCUT2D eigenvalue weighted by Gasteiger charge is 2.25. The summed E-state index contributed by atoms with van der Waals surface area (Å²) in [6.45, 7) is 2.71. The molecule has 2 N–H and O–H groups in total. The lowest BCUT2D eigenvalue weighted by atomic mass is 10.1. The molecule has 1 aliphatic carbocycles. The minimum atomic E-state index is -0.353. The highest BCUT2D eigenvalue weighted by Crippen LogP contribution is 2.35. The van der Waals surface area contributed by atoms with E-state index in [0.29, 0.717) is 5.92 Å². The Hall–Kier alpha value is -1.32. The van der Waals surface area contributed by atoms with E-state index in [9.17, 15) is 9.59 Å². The molecule has 1 saturated heterocycles. The van der Waals surface area contributed by atoms with E-state index in [4.69, 9.17) is 0 Å². The van der Waals surface area contributed by atoms with Gasteiger partial charge in [-0.25, -0.2) is 0 Å². The normalized spacial score (nSPS) is 26.1. The summed E-state index contributed by atoms with van der Waals surface area (Å²) in [5.41, 5.74) is 1.14. The Labute approximate surface area is 102 Å². The summed E-state index contributed by atoms with van der Waals surface area (Å²) in [6.07, 6.45) is 6.76. The molecule has 0 radical (unpaired) electrons. The Morgan fingerprint density at radius 3 is 2.82 bits per heavy atom. The molecule has 1 atom stereocenters. The zero-order valence-electron chi connectivity index (χ0n) is 10.3. The van der Waals surface area contributed by atoms with Crippen LogP contribution in [0.4, 0.5) is 0 Å². The lowest BCUT2D eigenvalue weighted by molar-refractivity contribution is -0.126. The predicted octanol–water partition coefficient (Wildman–Crippen LogP) is 1.13.